The monoisotopic (exact) mass is 434 g/mol. The molecule has 0 N–H and O–H groups in total. The molecule has 1 saturated heterocycles. The zero-order valence-electron chi connectivity index (χ0n) is 19.3. The van der Waals surface area contributed by atoms with Crippen molar-refractivity contribution < 1.29 is 9.53 Å². The predicted octanol–water partition coefficient (Wildman–Crippen LogP) is 3.63. The predicted molar refractivity (Wildman–Crippen MR) is 127 cm³/mol. The highest BCUT2D eigenvalue weighted by Crippen LogP contribution is 2.17. The van der Waals surface area contributed by atoms with Gasteiger partial charge in [-0.25, -0.2) is 4.98 Å². The van der Waals surface area contributed by atoms with E-state index in [1.807, 2.05) is 23.1 Å². The van der Waals surface area contributed by atoms with E-state index in [1.165, 1.54) is 16.8 Å². The minimum atomic E-state index is 0.248. The first-order chi connectivity index (χ1) is 15.6. The fourth-order valence-corrected chi connectivity index (χ4v) is 4.29. The summed E-state index contributed by atoms with van der Waals surface area (Å²) in [5.74, 6) is 0.248. The number of aromatic nitrogens is 2. The Kier molecular flexibility index (Phi) is 7.55. The van der Waals surface area contributed by atoms with Gasteiger partial charge in [0.25, 0.3) is 0 Å². The van der Waals surface area contributed by atoms with E-state index in [9.17, 15) is 4.79 Å². The summed E-state index contributed by atoms with van der Waals surface area (Å²) in [7, 11) is 0. The topological polar surface area (TPSA) is 50.1 Å². The normalized spacial score (nSPS) is 14.9. The van der Waals surface area contributed by atoms with Crippen LogP contribution in [0.25, 0.3) is 5.65 Å². The fourth-order valence-electron chi connectivity index (χ4n) is 4.29. The molecule has 3 aromatic rings. The molecule has 1 fully saturated rings. The number of aryl methyl sites for hydroxylation is 2. The van der Waals surface area contributed by atoms with Crippen LogP contribution in [0.15, 0.2) is 48.7 Å². The molecule has 6 heteroatoms. The van der Waals surface area contributed by atoms with Crippen molar-refractivity contribution in [3.63, 3.8) is 0 Å². The molecule has 32 heavy (non-hydrogen) atoms. The van der Waals surface area contributed by atoms with Gasteiger partial charge in [0.2, 0.25) is 5.91 Å². The number of benzene rings is 1. The average Bonchev–Trinajstić information content (AvgIpc) is 3.11. The molecule has 1 aliphatic heterocycles. The van der Waals surface area contributed by atoms with Gasteiger partial charge in [-0.3, -0.25) is 9.69 Å². The van der Waals surface area contributed by atoms with Crippen LogP contribution in [0.5, 0.6) is 0 Å². The summed E-state index contributed by atoms with van der Waals surface area (Å²) in [5.41, 5.74) is 5.85. The van der Waals surface area contributed by atoms with Gasteiger partial charge >= 0.3 is 0 Å². The molecule has 1 aromatic carbocycles. The lowest BCUT2D eigenvalue weighted by atomic mass is 10.2. The summed E-state index contributed by atoms with van der Waals surface area (Å²) in [4.78, 5) is 21.7. The Morgan fingerprint density at radius 1 is 1.03 bits per heavy atom. The Morgan fingerprint density at radius 2 is 1.81 bits per heavy atom. The van der Waals surface area contributed by atoms with E-state index in [2.05, 4.69) is 53.6 Å². The Bertz CT molecular complexity index is 1020. The second-order valence-electron chi connectivity index (χ2n) is 8.68. The maximum absolute atomic E-state index is 12.6. The Balaban J connectivity index is 1.15. The van der Waals surface area contributed by atoms with Gasteiger partial charge in [-0.2, -0.15) is 0 Å². The second-order valence-corrected chi connectivity index (χ2v) is 8.68. The number of nitrogens with zero attached hydrogens (tertiary/aromatic N) is 4. The Labute approximate surface area is 190 Å². The fraction of sp³-hybridized carbons (Fsp3) is 0.462. The van der Waals surface area contributed by atoms with Crippen LogP contribution >= 0.6 is 0 Å². The van der Waals surface area contributed by atoms with Gasteiger partial charge in [-0.15, -0.1) is 0 Å². The van der Waals surface area contributed by atoms with Crippen LogP contribution in [0.4, 0.5) is 0 Å². The number of hydrogen-bond acceptors (Lipinski definition) is 4. The summed E-state index contributed by atoms with van der Waals surface area (Å²) in [6.07, 6.45) is 4.38. The summed E-state index contributed by atoms with van der Waals surface area (Å²) in [6.45, 7) is 9.79. The van der Waals surface area contributed by atoms with Gasteiger partial charge < -0.3 is 14.0 Å². The largest absolute Gasteiger partial charge is 0.381 e. The number of fused-ring (bicyclic) bond motifs is 1. The summed E-state index contributed by atoms with van der Waals surface area (Å²) < 4.78 is 7.91. The molecular weight excluding hydrogens is 400 g/mol. The van der Waals surface area contributed by atoms with Gasteiger partial charge in [0.05, 0.1) is 18.0 Å². The number of carbonyl (C=O) groups is 1. The van der Waals surface area contributed by atoms with Gasteiger partial charge in [-0.05, 0) is 49.9 Å². The molecule has 0 radical (unpaired) electrons. The highest BCUT2D eigenvalue weighted by molar-refractivity contribution is 5.76. The smallest absolute Gasteiger partial charge is 0.222 e. The molecule has 1 amide bonds. The van der Waals surface area contributed by atoms with E-state index < -0.39 is 0 Å². The number of amides is 1. The van der Waals surface area contributed by atoms with Gasteiger partial charge in [0, 0.05) is 51.9 Å². The van der Waals surface area contributed by atoms with E-state index in [0.717, 1.165) is 56.9 Å². The molecular formula is C26H34N4O2. The second kappa shape index (κ2) is 10.7. The van der Waals surface area contributed by atoms with Gasteiger partial charge in [0.1, 0.15) is 5.65 Å². The highest BCUT2D eigenvalue weighted by atomic mass is 16.5. The number of ether oxygens (including phenoxy) is 1. The molecule has 6 nitrogen and oxygen atoms in total. The number of imidazole rings is 1. The van der Waals surface area contributed by atoms with Crippen molar-refractivity contribution in [1.29, 1.82) is 0 Å². The van der Waals surface area contributed by atoms with Crippen molar-refractivity contribution in [3.8, 4) is 0 Å². The molecule has 170 valence electrons. The first-order valence-corrected chi connectivity index (χ1v) is 11.7. The van der Waals surface area contributed by atoms with Crippen LogP contribution in [0.1, 0.15) is 35.4 Å². The molecule has 1 aliphatic rings. The van der Waals surface area contributed by atoms with Crippen molar-refractivity contribution in [1.82, 2.24) is 19.2 Å². The zero-order chi connectivity index (χ0) is 22.3. The summed E-state index contributed by atoms with van der Waals surface area (Å²) in [5, 5.41) is 0. The van der Waals surface area contributed by atoms with E-state index in [1.54, 1.807) is 0 Å². The maximum atomic E-state index is 12.6. The molecule has 0 spiro atoms. The number of piperazine rings is 1. The molecule has 0 saturated carbocycles. The number of pyridine rings is 1. The Hall–Kier alpha value is -2.70. The lowest BCUT2D eigenvalue weighted by Gasteiger charge is -2.34. The van der Waals surface area contributed by atoms with Crippen LogP contribution in [0.2, 0.25) is 0 Å². The van der Waals surface area contributed by atoms with Crippen LogP contribution < -0.4 is 0 Å². The SMILES string of the molecule is Cc1ccn2c(CN3CCN(C(=O)CCCOCCc4ccccc4)CC3)c(C)nc2c1. The lowest BCUT2D eigenvalue weighted by Crippen LogP contribution is -2.48. The molecule has 4 rings (SSSR count). The third kappa shape index (κ3) is 5.75. The standard InChI is InChI=1S/C26H34N4O2/c1-21-10-12-30-24(22(2)27-25(30)19-21)20-28-13-15-29(16-14-28)26(31)9-6-17-32-18-11-23-7-4-3-5-8-23/h3-5,7-8,10,12,19H,6,9,11,13-18,20H2,1-2H3. The summed E-state index contributed by atoms with van der Waals surface area (Å²) in [6, 6.07) is 14.6. The number of carbonyl (C=O) groups excluding carboxylic acids is 1. The quantitative estimate of drug-likeness (QED) is 0.483. The molecule has 0 unspecified atom stereocenters. The van der Waals surface area contributed by atoms with Crippen molar-refractivity contribution in [2.75, 3.05) is 39.4 Å². The van der Waals surface area contributed by atoms with Crippen molar-refractivity contribution in [2.45, 2.75) is 39.7 Å². The van der Waals surface area contributed by atoms with E-state index in [0.29, 0.717) is 19.6 Å². The molecule has 0 bridgehead atoms. The Morgan fingerprint density at radius 3 is 2.59 bits per heavy atom. The van der Waals surface area contributed by atoms with Crippen molar-refractivity contribution >= 4 is 11.6 Å². The van der Waals surface area contributed by atoms with Crippen LogP contribution in [-0.2, 0) is 22.5 Å². The lowest BCUT2D eigenvalue weighted by molar-refractivity contribution is -0.133. The van der Waals surface area contributed by atoms with Crippen LogP contribution in [-0.4, -0.2) is 64.5 Å². The van der Waals surface area contributed by atoms with Crippen molar-refractivity contribution in [3.05, 3.63) is 71.2 Å². The first-order valence-electron chi connectivity index (χ1n) is 11.7. The third-order valence-electron chi connectivity index (χ3n) is 6.24. The first kappa shape index (κ1) is 22.5. The van der Waals surface area contributed by atoms with Gasteiger partial charge in [-0.1, -0.05) is 30.3 Å². The number of hydrogen-bond donors (Lipinski definition) is 0. The average molecular weight is 435 g/mol. The maximum Gasteiger partial charge on any atom is 0.222 e. The van der Waals surface area contributed by atoms with E-state index in [-0.39, 0.29) is 5.91 Å². The minimum Gasteiger partial charge on any atom is -0.381 e. The third-order valence-corrected chi connectivity index (χ3v) is 6.24. The minimum absolute atomic E-state index is 0.248. The van der Waals surface area contributed by atoms with Crippen molar-refractivity contribution in [2.24, 2.45) is 0 Å². The molecule has 2 aromatic heterocycles. The highest BCUT2D eigenvalue weighted by Gasteiger charge is 2.22. The molecule has 3 heterocycles. The van der Waals surface area contributed by atoms with E-state index in [4.69, 9.17) is 9.72 Å². The van der Waals surface area contributed by atoms with E-state index >= 15 is 0 Å². The van der Waals surface area contributed by atoms with Gasteiger partial charge in [0.15, 0.2) is 0 Å². The molecule has 0 aliphatic carbocycles. The van der Waals surface area contributed by atoms with Crippen LogP contribution in [0, 0.1) is 13.8 Å². The number of rotatable bonds is 9. The molecule has 0 atom stereocenters. The zero-order valence-corrected chi connectivity index (χ0v) is 19.3. The summed E-state index contributed by atoms with van der Waals surface area (Å²) >= 11 is 0. The van der Waals surface area contributed by atoms with Crippen LogP contribution in [0.3, 0.4) is 0 Å².